The van der Waals surface area contributed by atoms with Gasteiger partial charge in [-0.15, -0.1) is 0 Å². The van der Waals surface area contributed by atoms with E-state index in [2.05, 4.69) is 28.7 Å². The van der Waals surface area contributed by atoms with Crippen molar-refractivity contribution in [2.24, 2.45) is 0 Å². The first-order chi connectivity index (χ1) is 13.5. The fourth-order valence-electron chi connectivity index (χ4n) is 3.70. The monoisotopic (exact) mass is 379 g/mol. The highest BCUT2D eigenvalue weighted by atomic mass is 19.1. The van der Waals surface area contributed by atoms with Crippen LogP contribution in [0.3, 0.4) is 0 Å². The van der Waals surface area contributed by atoms with E-state index in [4.69, 9.17) is 4.98 Å². The maximum atomic E-state index is 13.9. The normalized spacial score (nSPS) is 14.9. The summed E-state index contributed by atoms with van der Waals surface area (Å²) in [5.74, 6) is 0.462. The molecule has 1 aromatic carbocycles. The lowest BCUT2D eigenvalue weighted by Crippen LogP contribution is -2.42. The second-order valence-electron chi connectivity index (χ2n) is 7.62. The van der Waals surface area contributed by atoms with Crippen LogP contribution in [0.1, 0.15) is 25.8 Å². The summed E-state index contributed by atoms with van der Waals surface area (Å²) in [7, 11) is 0. The van der Waals surface area contributed by atoms with Crippen molar-refractivity contribution in [3.05, 3.63) is 70.7 Å². The molecule has 0 spiro atoms. The van der Waals surface area contributed by atoms with Crippen LogP contribution in [0.15, 0.2) is 53.7 Å². The van der Waals surface area contributed by atoms with Gasteiger partial charge in [-0.2, -0.15) is 0 Å². The van der Waals surface area contributed by atoms with Gasteiger partial charge in [0.05, 0.1) is 23.5 Å². The predicted octanol–water partition coefficient (Wildman–Crippen LogP) is 3.07. The molecule has 7 heteroatoms. The summed E-state index contributed by atoms with van der Waals surface area (Å²) >= 11 is 0. The van der Waals surface area contributed by atoms with E-state index in [0.29, 0.717) is 42.4 Å². The van der Waals surface area contributed by atoms with Gasteiger partial charge in [0.25, 0.3) is 5.56 Å². The second kappa shape index (κ2) is 7.14. The molecule has 0 saturated carbocycles. The lowest BCUT2D eigenvalue weighted by molar-refractivity contribution is 0.445. The first kappa shape index (κ1) is 18.3. The molecule has 0 radical (unpaired) electrons. The minimum Gasteiger partial charge on any atom is -0.335 e. The van der Waals surface area contributed by atoms with E-state index in [1.807, 2.05) is 12.1 Å². The molecule has 0 atom stereocenters. The Morgan fingerprint density at radius 2 is 2.00 bits per heavy atom. The van der Waals surface area contributed by atoms with Gasteiger partial charge >= 0.3 is 0 Å². The number of hydrogen-bond acceptors (Lipinski definition) is 5. The van der Waals surface area contributed by atoms with Crippen molar-refractivity contribution in [3.8, 4) is 11.4 Å². The number of fused-ring (bicyclic) bond motifs is 1. The molecule has 0 fully saturated rings. The van der Waals surface area contributed by atoms with Crippen molar-refractivity contribution in [1.29, 1.82) is 0 Å². The molecule has 4 rings (SSSR count). The lowest BCUT2D eigenvalue weighted by Gasteiger charge is -2.31. The van der Waals surface area contributed by atoms with Gasteiger partial charge in [-0.1, -0.05) is 18.2 Å². The van der Waals surface area contributed by atoms with E-state index in [9.17, 15) is 9.18 Å². The van der Waals surface area contributed by atoms with Crippen molar-refractivity contribution in [3.63, 3.8) is 0 Å². The Morgan fingerprint density at radius 1 is 1.18 bits per heavy atom. The quantitative estimate of drug-likeness (QED) is 0.682. The molecule has 144 valence electrons. The Hall–Kier alpha value is -3.09. The summed E-state index contributed by atoms with van der Waals surface area (Å²) in [6, 6.07) is 10.1. The average Bonchev–Trinajstić information content (AvgIpc) is 2.95. The summed E-state index contributed by atoms with van der Waals surface area (Å²) in [6.45, 7) is 5.43. The number of anilines is 1. The largest absolute Gasteiger partial charge is 0.335 e. The molecular formula is C21H22FN5O. The molecule has 0 N–H and O–H groups in total. The zero-order valence-electron chi connectivity index (χ0n) is 16.0. The van der Waals surface area contributed by atoms with Crippen LogP contribution >= 0.6 is 0 Å². The van der Waals surface area contributed by atoms with Crippen molar-refractivity contribution < 1.29 is 4.39 Å². The number of aryl methyl sites for hydroxylation is 1. The minimum absolute atomic E-state index is 0.0942. The van der Waals surface area contributed by atoms with Gasteiger partial charge in [0, 0.05) is 18.8 Å². The van der Waals surface area contributed by atoms with Crippen LogP contribution in [0.25, 0.3) is 11.4 Å². The first-order valence-corrected chi connectivity index (χ1v) is 9.35. The SMILES string of the molecule is CC1(C)Cn2c(nc(-c3ccncn3)cc2=O)N1CCCc1ccccc1F. The second-order valence-corrected chi connectivity index (χ2v) is 7.62. The molecular weight excluding hydrogens is 357 g/mol. The Morgan fingerprint density at radius 3 is 2.75 bits per heavy atom. The summed E-state index contributed by atoms with van der Waals surface area (Å²) in [6.07, 6.45) is 4.47. The maximum Gasteiger partial charge on any atom is 0.255 e. The Bertz CT molecular complexity index is 1050. The van der Waals surface area contributed by atoms with E-state index in [1.165, 1.54) is 18.5 Å². The van der Waals surface area contributed by atoms with Crippen LogP contribution in [0.5, 0.6) is 0 Å². The standard InChI is InChI=1S/C21H22FN5O/c1-21(2)13-26-19(28)12-18(17-9-10-23-14-24-17)25-20(26)27(21)11-5-7-15-6-3-4-8-16(15)22/h3-4,6,8-10,12,14H,5,7,11,13H2,1-2H3. The van der Waals surface area contributed by atoms with E-state index >= 15 is 0 Å². The number of halogens is 1. The molecule has 1 aliphatic heterocycles. The zero-order valence-corrected chi connectivity index (χ0v) is 16.0. The Balaban J connectivity index is 1.61. The topological polar surface area (TPSA) is 63.9 Å². The van der Waals surface area contributed by atoms with Gasteiger partial charge in [-0.25, -0.2) is 19.3 Å². The highest BCUT2D eigenvalue weighted by molar-refractivity contribution is 5.56. The number of aromatic nitrogens is 4. The van der Waals surface area contributed by atoms with Gasteiger partial charge in [-0.05, 0) is 44.4 Å². The molecule has 0 aliphatic carbocycles. The molecule has 3 heterocycles. The minimum atomic E-state index is -0.251. The van der Waals surface area contributed by atoms with Gasteiger partial charge in [0.2, 0.25) is 5.95 Å². The van der Waals surface area contributed by atoms with Crippen LogP contribution < -0.4 is 10.5 Å². The predicted molar refractivity (Wildman–Crippen MR) is 106 cm³/mol. The Labute approximate surface area is 162 Å². The third-order valence-corrected chi connectivity index (χ3v) is 5.14. The van der Waals surface area contributed by atoms with E-state index in [0.717, 1.165) is 6.42 Å². The zero-order chi connectivity index (χ0) is 19.7. The van der Waals surface area contributed by atoms with Crippen LogP contribution in [0.4, 0.5) is 10.3 Å². The third-order valence-electron chi connectivity index (χ3n) is 5.14. The van der Waals surface area contributed by atoms with Gasteiger partial charge in [-0.3, -0.25) is 9.36 Å². The van der Waals surface area contributed by atoms with E-state index < -0.39 is 0 Å². The third kappa shape index (κ3) is 3.40. The summed E-state index contributed by atoms with van der Waals surface area (Å²) in [5.41, 5.74) is 1.52. The van der Waals surface area contributed by atoms with E-state index in [1.54, 1.807) is 22.9 Å². The highest BCUT2D eigenvalue weighted by Crippen LogP contribution is 2.32. The molecule has 28 heavy (non-hydrogen) atoms. The van der Waals surface area contributed by atoms with Crippen LogP contribution in [-0.4, -0.2) is 31.6 Å². The maximum absolute atomic E-state index is 13.9. The lowest BCUT2D eigenvalue weighted by atomic mass is 10.0. The van der Waals surface area contributed by atoms with Crippen molar-refractivity contribution in [2.75, 3.05) is 11.4 Å². The van der Waals surface area contributed by atoms with Crippen LogP contribution in [0, 0.1) is 5.82 Å². The van der Waals surface area contributed by atoms with Crippen LogP contribution in [-0.2, 0) is 13.0 Å². The highest BCUT2D eigenvalue weighted by Gasteiger charge is 2.37. The number of rotatable bonds is 5. The molecule has 6 nitrogen and oxygen atoms in total. The van der Waals surface area contributed by atoms with Crippen molar-refractivity contribution in [1.82, 2.24) is 19.5 Å². The average molecular weight is 379 g/mol. The van der Waals surface area contributed by atoms with Gasteiger partial charge < -0.3 is 4.90 Å². The summed E-state index contributed by atoms with van der Waals surface area (Å²) in [5, 5.41) is 0. The van der Waals surface area contributed by atoms with Gasteiger partial charge in [0.1, 0.15) is 12.1 Å². The smallest absolute Gasteiger partial charge is 0.255 e. The van der Waals surface area contributed by atoms with E-state index in [-0.39, 0.29) is 16.9 Å². The summed E-state index contributed by atoms with van der Waals surface area (Å²) < 4.78 is 15.6. The van der Waals surface area contributed by atoms with Crippen LogP contribution in [0.2, 0.25) is 0 Å². The number of nitrogens with zero attached hydrogens (tertiary/aromatic N) is 5. The molecule has 0 amide bonds. The molecule has 0 saturated heterocycles. The van der Waals surface area contributed by atoms with Crippen molar-refractivity contribution >= 4 is 5.95 Å². The number of benzene rings is 1. The molecule has 0 unspecified atom stereocenters. The summed E-state index contributed by atoms with van der Waals surface area (Å²) in [4.78, 5) is 27.7. The molecule has 3 aromatic rings. The molecule has 2 aromatic heterocycles. The molecule has 1 aliphatic rings. The first-order valence-electron chi connectivity index (χ1n) is 9.35. The fourth-order valence-corrected chi connectivity index (χ4v) is 3.70. The molecule has 0 bridgehead atoms. The van der Waals surface area contributed by atoms with Crippen molar-refractivity contribution in [2.45, 2.75) is 38.8 Å². The number of hydrogen-bond donors (Lipinski definition) is 0. The fraction of sp³-hybridized carbons (Fsp3) is 0.333. The Kier molecular flexibility index (Phi) is 4.66. The van der Waals surface area contributed by atoms with Gasteiger partial charge in [0.15, 0.2) is 0 Å².